The fourth-order valence-corrected chi connectivity index (χ4v) is 5.38. The summed E-state index contributed by atoms with van der Waals surface area (Å²) in [7, 11) is 0. The number of nitrogens with zero attached hydrogens (tertiary/aromatic N) is 1. The monoisotopic (exact) mass is 552 g/mol. The van der Waals surface area contributed by atoms with Crippen LogP contribution in [0.4, 0.5) is 0 Å². The van der Waals surface area contributed by atoms with Crippen molar-refractivity contribution in [3.05, 3.63) is 99.5 Å². The molecule has 1 fully saturated rings. The molecule has 0 radical (unpaired) electrons. The van der Waals surface area contributed by atoms with E-state index in [4.69, 9.17) is 27.9 Å². The van der Waals surface area contributed by atoms with Crippen molar-refractivity contribution in [1.82, 2.24) is 10.2 Å². The van der Waals surface area contributed by atoms with E-state index < -0.39 is 6.04 Å². The molecule has 1 aliphatic rings. The Hall–Kier alpha value is -3.02. The van der Waals surface area contributed by atoms with E-state index in [1.54, 1.807) is 23.1 Å². The van der Waals surface area contributed by atoms with Crippen molar-refractivity contribution >= 4 is 35.0 Å². The summed E-state index contributed by atoms with van der Waals surface area (Å²) in [6.07, 6.45) is 5.74. The molecule has 0 aliphatic heterocycles. The van der Waals surface area contributed by atoms with E-state index in [9.17, 15) is 9.59 Å². The highest BCUT2D eigenvalue weighted by Gasteiger charge is 2.32. The summed E-state index contributed by atoms with van der Waals surface area (Å²) in [6.45, 7) is 2.04. The molecule has 2 amide bonds. The van der Waals surface area contributed by atoms with Gasteiger partial charge in [0.25, 0.3) is 5.91 Å². The Kier molecular flexibility index (Phi) is 10.1. The number of aryl methyl sites for hydroxylation is 1. The van der Waals surface area contributed by atoms with Gasteiger partial charge in [-0.3, -0.25) is 9.59 Å². The van der Waals surface area contributed by atoms with Gasteiger partial charge in [-0.2, -0.15) is 0 Å². The van der Waals surface area contributed by atoms with Crippen molar-refractivity contribution in [1.29, 1.82) is 0 Å². The molecule has 200 valence electrons. The molecule has 0 saturated heterocycles. The zero-order valence-electron chi connectivity index (χ0n) is 21.7. The van der Waals surface area contributed by atoms with Crippen LogP contribution in [-0.4, -0.2) is 35.4 Å². The van der Waals surface area contributed by atoms with Crippen LogP contribution in [0.5, 0.6) is 5.75 Å². The Bertz CT molecular complexity index is 1230. The molecule has 3 aromatic rings. The van der Waals surface area contributed by atoms with Crippen molar-refractivity contribution in [3.8, 4) is 5.75 Å². The highest BCUT2D eigenvalue weighted by Crippen LogP contribution is 2.28. The molecular formula is C31H34Cl2N2O3. The number of amides is 2. The van der Waals surface area contributed by atoms with Gasteiger partial charge in [0, 0.05) is 24.0 Å². The molecule has 0 heterocycles. The van der Waals surface area contributed by atoms with E-state index in [0.29, 0.717) is 22.2 Å². The maximum absolute atomic E-state index is 13.8. The first kappa shape index (κ1) is 28.0. The fraction of sp³-hybridized carbons (Fsp3) is 0.355. The predicted molar refractivity (Wildman–Crippen MR) is 153 cm³/mol. The largest absolute Gasteiger partial charge is 0.482 e. The number of nitrogens with one attached hydrogen (secondary N) is 1. The number of benzene rings is 3. The zero-order chi connectivity index (χ0) is 26.9. The van der Waals surface area contributed by atoms with Crippen LogP contribution < -0.4 is 10.1 Å². The predicted octanol–water partition coefficient (Wildman–Crippen LogP) is 6.77. The van der Waals surface area contributed by atoms with Gasteiger partial charge in [-0.15, -0.1) is 0 Å². The fourth-order valence-electron chi connectivity index (χ4n) is 4.92. The van der Waals surface area contributed by atoms with Crippen LogP contribution >= 0.6 is 23.2 Å². The van der Waals surface area contributed by atoms with Crippen molar-refractivity contribution < 1.29 is 14.3 Å². The lowest BCUT2D eigenvalue weighted by molar-refractivity contribution is -0.143. The van der Waals surface area contributed by atoms with Gasteiger partial charge in [0.15, 0.2) is 6.61 Å². The summed E-state index contributed by atoms with van der Waals surface area (Å²) in [5, 5.41) is 4.06. The van der Waals surface area contributed by atoms with Crippen LogP contribution in [0.3, 0.4) is 0 Å². The number of carbonyl (C=O) groups is 2. The van der Waals surface area contributed by atoms with E-state index >= 15 is 0 Å². The molecule has 7 heteroatoms. The molecule has 1 atom stereocenters. The SMILES string of the molecule is Cc1cccc(CN(C(=O)COc2ccc(Cl)cc2Cl)[C@@H](Cc2ccccc2)C(=O)NC2CCCCC2)c1. The summed E-state index contributed by atoms with van der Waals surface area (Å²) in [5.74, 6) is -0.0604. The average molecular weight is 554 g/mol. The minimum atomic E-state index is -0.698. The van der Waals surface area contributed by atoms with Crippen molar-refractivity contribution in [3.63, 3.8) is 0 Å². The number of halogens is 2. The number of hydrogen-bond donors (Lipinski definition) is 1. The third-order valence-corrected chi connectivity index (χ3v) is 7.43. The van der Waals surface area contributed by atoms with Crippen molar-refractivity contribution in [2.45, 2.75) is 64.1 Å². The van der Waals surface area contributed by atoms with Crippen LogP contribution in [0, 0.1) is 6.92 Å². The first-order valence-electron chi connectivity index (χ1n) is 13.2. The molecular weight excluding hydrogens is 519 g/mol. The lowest BCUT2D eigenvalue weighted by atomic mass is 9.94. The minimum Gasteiger partial charge on any atom is -0.482 e. The van der Waals surface area contributed by atoms with Crippen molar-refractivity contribution in [2.24, 2.45) is 0 Å². The number of hydrogen-bond acceptors (Lipinski definition) is 3. The quantitative estimate of drug-likeness (QED) is 0.302. The highest BCUT2D eigenvalue weighted by molar-refractivity contribution is 6.35. The lowest BCUT2D eigenvalue weighted by Crippen LogP contribution is -2.53. The molecule has 0 aromatic heterocycles. The van der Waals surface area contributed by atoms with Crippen LogP contribution in [0.1, 0.15) is 48.8 Å². The Morgan fingerprint density at radius 1 is 0.947 bits per heavy atom. The van der Waals surface area contributed by atoms with E-state index in [1.165, 1.54) is 6.42 Å². The Morgan fingerprint density at radius 2 is 1.68 bits per heavy atom. The molecule has 1 saturated carbocycles. The highest BCUT2D eigenvalue weighted by atomic mass is 35.5. The van der Waals surface area contributed by atoms with Crippen LogP contribution in [-0.2, 0) is 22.6 Å². The number of carbonyl (C=O) groups excluding carboxylic acids is 2. The van der Waals surface area contributed by atoms with Gasteiger partial charge in [-0.25, -0.2) is 0 Å². The number of ether oxygens (including phenoxy) is 1. The summed E-state index contributed by atoms with van der Waals surface area (Å²) >= 11 is 12.3. The smallest absolute Gasteiger partial charge is 0.261 e. The van der Waals surface area contributed by atoms with E-state index in [-0.39, 0.29) is 31.0 Å². The van der Waals surface area contributed by atoms with Gasteiger partial charge in [0.05, 0.1) is 5.02 Å². The molecule has 1 N–H and O–H groups in total. The molecule has 5 nitrogen and oxygen atoms in total. The third kappa shape index (κ3) is 7.99. The van der Waals surface area contributed by atoms with Gasteiger partial charge in [-0.05, 0) is 49.1 Å². The molecule has 0 spiro atoms. The zero-order valence-corrected chi connectivity index (χ0v) is 23.2. The molecule has 3 aromatic carbocycles. The van der Waals surface area contributed by atoms with E-state index in [1.807, 2.05) is 61.5 Å². The van der Waals surface area contributed by atoms with Crippen LogP contribution in [0.25, 0.3) is 0 Å². The maximum Gasteiger partial charge on any atom is 0.261 e. The van der Waals surface area contributed by atoms with Crippen LogP contribution in [0.2, 0.25) is 10.0 Å². The summed E-state index contributed by atoms with van der Waals surface area (Å²) in [5.41, 5.74) is 3.02. The molecule has 38 heavy (non-hydrogen) atoms. The molecule has 0 unspecified atom stereocenters. The number of rotatable bonds is 10. The van der Waals surface area contributed by atoms with E-state index in [0.717, 1.165) is 42.4 Å². The second-order valence-electron chi connectivity index (χ2n) is 9.92. The Morgan fingerprint density at radius 3 is 2.39 bits per heavy atom. The Balaban J connectivity index is 1.62. The first-order valence-corrected chi connectivity index (χ1v) is 13.9. The van der Waals surface area contributed by atoms with Gasteiger partial charge in [0.1, 0.15) is 11.8 Å². The minimum absolute atomic E-state index is 0.133. The molecule has 4 rings (SSSR count). The first-order chi connectivity index (χ1) is 18.4. The van der Waals surface area contributed by atoms with Crippen LogP contribution in [0.15, 0.2) is 72.8 Å². The average Bonchev–Trinajstić information content (AvgIpc) is 2.91. The maximum atomic E-state index is 13.8. The molecule has 1 aliphatic carbocycles. The third-order valence-electron chi connectivity index (χ3n) is 6.90. The van der Waals surface area contributed by atoms with Gasteiger partial charge >= 0.3 is 0 Å². The van der Waals surface area contributed by atoms with Gasteiger partial charge < -0.3 is 15.0 Å². The van der Waals surface area contributed by atoms with Gasteiger partial charge in [-0.1, -0.05) is 103 Å². The van der Waals surface area contributed by atoms with Gasteiger partial charge in [0.2, 0.25) is 5.91 Å². The standard InChI is InChI=1S/C31H34Cl2N2O3/c1-22-9-8-12-24(17-22)20-35(30(36)21-38-29-16-15-25(32)19-27(29)33)28(18-23-10-4-2-5-11-23)31(37)34-26-13-6-3-7-14-26/h2,4-5,8-12,15-17,19,26,28H,3,6-7,13-14,18,20-21H2,1H3,(H,34,37)/t28-/m0/s1. The normalized spacial score (nSPS) is 14.5. The Labute approximate surface area is 235 Å². The van der Waals surface area contributed by atoms with Crippen molar-refractivity contribution in [2.75, 3.05) is 6.61 Å². The summed E-state index contributed by atoms with van der Waals surface area (Å²) in [6, 6.07) is 22.1. The lowest BCUT2D eigenvalue weighted by Gasteiger charge is -2.33. The van der Waals surface area contributed by atoms with E-state index in [2.05, 4.69) is 5.32 Å². The second kappa shape index (κ2) is 13.7. The molecule has 0 bridgehead atoms. The topological polar surface area (TPSA) is 58.6 Å². The second-order valence-corrected chi connectivity index (χ2v) is 10.8. The summed E-state index contributed by atoms with van der Waals surface area (Å²) in [4.78, 5) is 29.2. The summed E-state index contributed by atoms with van der Waals surface area (Å²) < 4.78 is 5.81.